The molecular formula is C24H20Br2N2O3. The maximum Gasteiger partial charge on any atom is 0.234 e. The maximum absolute atomic E-state index is 13.4. The number of hydrogen-bond acceptors (Lipinski definition) is 3. The molecular weight excluding hydrogens is 524 g/mol. The van der Waals surface area contributed by atoms with Crippen molar-refractivity contribution in [2.24, 2.45) is 23.7 Å². The van der Waals surface area contributed by atoms with Crippen LogP contribution in [0, 0.1) is 23.7 Å². The Morgan fingerprint density at radius 3 is 2.23 bits per heavy atom. The number of rotatable bonds is 5. The number of nitrogens with zero attached hydrogens (tertiary/aromatic N) is 1. The number of carbonyl (C=O) groups is 3. The van der Waals surface area contributed by atoms with Crippen molar-refractivity contribution >= 4 is 55.3 Å². The summed E-state index contributed by atoms with van der Waals surface area (Å²) in [6, 6.07) is 14.1. The van der Waals surface area contributed by atoms with Crippen molar-refractivity contribution < 1.29 is 14.4 Å². The first-order chi connectivity index (χ1) is 14.9. The van der Waals surface area contributed by atoms with E-state index in [-0.39, 0.29) is 47.8 Å². The van der Waals surface area contributed by atoms with Gasteiger partial charge in [-0.15, -0.1) is 0 Å². The van der Waals surface area contributed by atoms with Crippen molar-refractivity contribution in [3.05, 3.63) is 75.2 Å². The summed E-state index contributed by atoms with van der Waals surface area (Å²) < 4.78 is 1.75. The largest absolute Gasteiger partial charge is 0.326 e. The summed E-state index contributed by atoms with van der Waals surface area (Å²) in [5, 5.41) is 2.88. The third-order valence-corrected chi connectivity index (χ3v) is 7.58. The highest BCUT2D eigenvalue weighted by atomic mass is 79.9. The molecule has 158 valence electrons. The fourth-order valence-corrected chi connectivity index (χ4v) is 5.91. The molecule has 2 fully saturated rings. The topological polar surface area (TPSA) is 66.5 Å². The highest BCUT2D eigenvalue weighted by Crippen LogP contribution is 2.54. The summed E-state index contributed by atoms with van der Waals surface area (Å²) in [6.07, 6.45) is 5.04. The number of nitrogens with one attached hydrogen (secondary N) is 1. The third-order valence-electron chi connectivity index (χ3n) is 6.56. The quantitative estimate of drug-likeness (QED) is 0.422. The molecule has 2 aromatic rings. The van der Waals surface area contributed by atoms with Gasteiger partial charge in [-0.3, -0.25) is 19.3 Å². The number of allylic oxidation sites excluding steroid dienone is 2. The number of hydrogen-bond donors (Lipinski definition) is 1. The maximum atomic E-state index is 13.4. The first-order valence-corrected chi connectivity index (χ1v) is 11.9. The molecule has 1 saturated heterocycles. The standard InChI is InChI=1S/C24H20Br2N2O3/c25-16-6-8-18(9-7-16)27-20(29)12-19(13-2-1-3-17(26)11-13)28-23(30)21-14-4-5-15(10-14)22(21)24(28)31/h1-9,11,14-15,19,21-22H,10,12H2,(H,27,29). The van der Waals surface area contributed by atoms with Gasteiger partial charge in [-0.2, -0.15) is 0 Å². The Kier molecular flexibility index (Phi) is 5.34. The normalized spacial score (nSPS) is 27.0. The number of benzene rings is 2. The van der Waals surface area contributed by atoms with Crippen LogP contribution in [-0.4, -0.2) is 22.6 Å². The predicted molar refractivity (Wildman–Crippen MR) is 124 cm³/mol. The van der Waals surface area contributed by atoms with Crippen molar-refractivity contribution in [2.75, 3.05) is 5.32 Å². The van der Waals surface area contributed by atoms with Crippen LogP contribution in [-0.2, 0) is 14.4 Å². The SMILES string of the molecule is O=C(CC(c1cccc(Br)c1)N1C(=O)C2C3C=CC(C3)C2C1=O)Nc1ccc(Br)cc1. The number of imide groups is 1. The summed E-state index contributed by atoms with van der Waals surface area (Å²) in [4.78, 5) is 41.1. The summed E-state index contributed by atoms with van der Waals surface area (Å²) in [6.45, 7) is 0. The van der Waals surface area contributed by atoms with Gasteiger partial charge in [0, 0.05) is 14.6 Å². The number of fused-ring (bicyclic) bond motifs is 5. The molecule has 0 radical (unpaired) electrons. The van der Waals surface area contributed by atoms with Crippen LogP contribution in [0.15, 0.2) is 69.6 Å². The zero-order valence-corrected chi connectivity index (χ0v) is 19.7. The van der Waals surface area contributed by atoms with Crippen LogP contribution in [0.25, 0.3) is 0 Å². The Hall–Kier alpha value is -2.25. The monoisotopic (exact) mass is 542 g/mol. The van der Waals surface area contributed by atoms with Gasteiger partial charge in [0.2, 0.25) is 17.7 Å². The van der Waals surface area contributed by atoms with Crippen molar-refractivity contribution in [3.8, 4) is 0 Å². The molecule has 7 heteroatoms. The van der Waals surface area contributed by atoms with Crippen molar-refractivity contribution in [2.45, 2.75) is 18.9 Å². The second-order valence-corrected chi connectivity index (χ2v) is 10.2. The second kappa shape index (κ2) is 8.02. The van der Waals surface area contributed by atoms with Gasteiger partial charge in [-0.1, -0.05) is 56.1 Å². The molecule has 3 amide bonds. The van der Waals surface area contributed by atoms with E-state index in [1.54, 1.807) is 12.1 Å². The zero-order chi connectivity index (χ0) is 21.7. The van der Waals surface area contributed by atoms with E-state index < -0.39 is 6.04 Å². The van der Waals surface area contributed by atoms with E-state index in [1.165, 1.54) is 4.90 Å². The molecule has 5 rings (SSSR count). The van der Waals surface area contributed by atoms with Crippen LogP contribution in [0.1, 0.15) is 24.4 Å². The van der Waals surface area contributed by atoms with Gasteiger partial charge in [0.05, 0.1) is 24.3 Å². The molecule has 0 spiro atoms. The van der Waals surface area contributed by atoms with Gasteiger partial charge in [0.25, 0.3) is 0 Å². The minimum Gasteiger partial charge on any atom is -0.326 e. The van der Waals surface area contributed by atoms with E-state index in [9.17, 15) is 14.4 Å². The minimum atomic E-state index is -0.641. The van der Waals surface area contributed by atoms with Crippen LogP contribution >= 0.6 is 31.9 Å². The highest BCUT2D eigenvalue weighted by Gasteiger charge is 2.60. The molecule has 1 saturated carbocycles. The van der Waals surface area contributed by atoms with Gasteiger partial charge in [-0.25, -0.2) is 0 Å². The van der Waals surface area contributed by atoms with Gasteiger partial charge in [0.15, 0.2) is 0 Å². The third kappa shape index (κ3) is 3.68. The lowest BCUT2D eigenvalue weighted by molar-refractivity contribution is -0.144. The molecule has 5 unspecified atom stereocenters. The van der Waals surface area contributed by atoms with Crippen LogP contribution in [0.2, 0.25) is 0 Å². The Bertz CT molecular complexity index is 1070. The van der Waals surface area contributed by atoms with Gasteiger partial charge in [-0.05, 0) is 60.2 Å². The Balaban J connectivity index is 1.44. The van der Waals surface area contributed by atoms with Crippen molar-refractivity contribution in [3.63, 3.8) is 0 Å². The number of amides is 3. The minimum absolute atomic E-state index is 0.00615. The molecule has 1 heterocycles. The Morgan fingerprint density at radius 2 is 1.61 bits per heavy atom. The number of likely N-dealkylation sites (tertiary alicyclic amines) is 1. The van der Waals surface area contributed by atoms with Crippen molar-refractivity contribution in [1.29, 1.82) is 0 Å². The van der Waals surface area contributed by atoms with E-state index in [4.69, 9.17) is 0 Å². The van der Waals surface area contributed by atoms with E-state index in [1.807, 2.05) is 36.4 Å². The van der Waals surface area contributed by atoms with Crippen molar-refractivity contribution in [1.82, 2.24) is 4.90 Å². The average Bonchev–Trinajstić information content (AvgIpc) is 3.42. The lowest BCUT2D eigenvalue weighted by Gasteiger charge is -2.28. The van der Waals surface area contributed by atoms with E-state index in [0.29, 0.717) is 5.69 Å². The molecule has 2 bridgehead atoms. The summed E-state index contributed by atoms with van der Waals surface area (Å²) >= 11 is 6.85. The first-order valence-electron chi connectivity index (χ1n) is 10.3. The number of carbonyl (C=O) groups excluding carboxylic acids is 3. The Morgan fingerprint density at radius 1 is 0.968 bits per heavy atom. The van der Waals surface area contributed by atoms with E-state index >= 15 is 0 Å². The number of halogens is 2. The molecule has 1 N–H and O–H groups in total. The molecule has 2 aromatic carbocycles. The van der Waals surface area contributed by atoms with Gasteiger partial charge < -0.3 is 5.32 Å². The average molecular weight is 544 g/mol. The Labute approximate surface area is 197 Å². The molecule has 3 aliphatic rings. The highest BCUT2D eigenvalue weighted by molar-refractivity contribution is 9.10. The smallest absolute Gasteiger partial charge is 0.234 e. The zero-order valence-electron chi connectivity index (χ0n) is 16.5. The molecule has 5 nitrogen and oxygen atoms in total. The molecule has 31 heavy (non-hydrogen) atoms. The van der Waals surface area contributed by atoms with Gasteiger partial charge in [0.1, 0.15) is 0 Å². The number of anilines is 1. The second-order valence-electron chi connectivity index (χ2n) is 8.38. The summed E-state index contributed by atoms with van der Waals surface area (Å²) in [5.74, 6) is -0.835. The molecule has 1 aliphatic heterocycles. The van der Waals surface area contributed by atoms with Crippen LogP contribution in [0.4, 0.5) is 5.69 Å². The fraction of sp³-hybridized carbons (Fsp3) is 0.292. The van der Waals surface area contributed by atoms with Crippen LogP contribution in [0.5, 0.6) is 0 Å². The summed E-state index contributed by atoms with van der Waals surface area (Å²) in [7, 11) is 0. The van der Waals surface area contributed by atoms with E-state index in [0.717, 1.165) is 20.9 Å². The lowest BCUT2D eigenvalue weighted by atomic mass is 9.85. The van der Waals surface area contributed by atoms with Crippen LogP contribution in [0.3, 0.4) is 0 Å². The molecule has 2 aliphatic carbocycles. The lowest BCUT2D eigenvalue weighted by Crippen LogP contribution is -2.38. The van der Waals surface area contributed by atoms with Gasteiger partial charge >= 0.3 is 0 Å². The summed E-state index contributed by atoms with van der Waals surface area (Å²) in [5.41, 5.74) is 1.43. The molecule has 0 aromatic heterocycles. The predicted octanol–water partition coefficient (Wildman–Crippen LogP) is 5.09. The van der Waals surface area contributed by atoms with Crippen LogP contribution < -0.4 is 5.32 Å². The first kappa shape index (κ1) is 20.6. The van der Waals surface area contributed by atoms with E-state index in [2.05, 4.69) is 49.3 Å². The fourth-order valence-electron chi connectivity index (χ4n) is 5.23. The molecule has 5 atom stereocenters.